The molecule has 2 aromatic heterocycles. The Morgan fingerprint density at radius 1 is 1.33 bits per heavy atom. The molecule has 2 aromatic rings. The van der Waals surface area contributed by atoms with Crippen molar-refractivity contribution in [1.29, 1.82) is 0 Å². The predicted molar refractivity (Wildman–Crippen MR) is 81.2 cm³/mol. The molecule has 0 bridgehead atoms. The molecular formula is C14H14N2O3S2. The van der Waals surface area contributed by atoms with Crippen molar-refractivity contribution < 1.29 is 14.7 Å². The molecule has 0 spiro atoms. The van der Waals surface area contributed by atoms with Crippen molar-refractivity contribution in [3.63, 3.8) is 0 Å². The Hall–Kier alpha value is -1.73. The van der Waals surface area contributed by atoms with Gasteiger partial charge in [0.15, 0.2) is 5.69 Å². The molecule has 110 valence electrons. The third kappa shape index (κ3) is 3.14. The summed E-state index contributed by atoms with van der Waals surface area (Å²) in [4.78, 5) is 28.9. The minimum absolute atomic E-state index is 0.0239. The number of thiophene rings is 1. The van der Waals surface area contributed by atoms with E-state index >= 15 is 0 Å². The zero-order valence-electron chi connectivity index (χ0n) is 11.2. The van der Waals surface area contributed by atoms with Gasteiger partial charge < -0.3 is 10.4 Å². The third-order valence-corrected chi connectivity index (χ3v) is 5.48. The first-order chi connectivity index (χ1) is 10.1. The molecule has 0 fully saturated rings. The van der Waals surface area contributed by atoms with Crippen molar-refractivity contribution in [1.82, 2.24) is 10.3 Å². The van der Waals surface area contributed by atoms with Crippen LogP contribution >= 0.6 is 22.7 Å². The van der Waals surface area contributed by atoms with E-state index < -0.39 is 5.97 Å². The van der Waals surface area contributed by atoms with Crippen molar-refractivity contribution in [2.24, 2.45) is 0 Å². The maximum Gasteiger partial charge on any atom is 0.355 e. The monoisotopic (exact) mass is 322 g/mol. The molecule has 0 radical (unpaired) electrons. The topological polar surface area (TPSA) is 79.3 Å². The molecule has 21 heavy (non-hydrogen) atoms. The lowest BCUT2D eigenvalue weighted by Crippen LogP contribution is -2.21. The maximum atomic E-state index is 12.1. The van der Waals surface area contributed by atoms with Crippen LogP contribution in [0.4, 0.5) is 0 Å². The fourth-order valence-corrected chi connectivity index (χ4v) is 4.21. The van der Waals surface area contributed by atoms with E-state index in [0.29, 0.717) is 5.01 Å². The first kappa shape index (κ1) is 14.2. The molecule has 0 atom stereocenters. The Balaban J connectivity index is 1.63. The molecule has 1 aliphatic rings. The fourth-order valence-electron chi connectivity index (χ4n) is 2.34. The summed E-state index contributed by atoms with van der Waals surface area (Å²) in [6.07, 6.45) is 4.53. The Kier molecular flexibility index (Phi) is 4.03. The van der Waals surface area contributed by atoms with E-state index in [0.717, 1.165) is 17.7 Å². The summed E-state index contributed by atoms with van der Waals surface area (Å²) in [6.45, 7) is 0.263. The van der Waals surface area contributed by atoms with Gasteiger partial charge in [0.05, 0.1) is 11.4 Å². The van der Waals surface area contributed by atoms with Crippen molar-refractivity contribution in [2.45, 2.75) is 32.2 Å². The Bertz CT molecular complexity index is 667. The number of hydrogen-bond donors (Lipinski definition) is 2. The SMILES string of the molecule is O=C(O)c1csc(CNC(=O)c2cc3c(s2)CCCC3)n1. The molecule has 1 amide bonds. The van der Waals surface area contributed by atoms with Gasteiger partial charge in [-0.25, -0.2) is 9.78 Å². The van der Waals surface area contributed by atoms with Gasteiger partial charge in [-0.15, -0.1) is 22.7 Å². The molecule has 0 saturated heterocycles. The predicted octanol–water partition coefficient (Wildman–Crippen LogP) is 2.71. The normalized spacial score (nSPS) is 13.7. The summed E-state index contributed by atoms with van der Waals surface area (Å²) in [5.41, 5.74) is 1.33. The first-order valence-electron chi connectivity index (χ1n) is 6.71. The largest absolute Gasteiger partial charge is 0.476 e. The van der Waals surface area contributed by atoms with E-state index in [-0.39, 0.29) is 18.1 Å². The number of hydrogen-bond acceptors (Lipinski definition) is 5. The maximum absolute atomic E-state index is 12.1. The highest BCUT2D eigenvalue weighted by molar-refractivity contribution is 7.14. The van der Waals surface area contributed by atoms with E-state index in [9.17, 15) is 9.59 Å². The number of rotatable bonds is 4. The molecular weight excluding hydrogens is 308 g/mol. The van der Waals surface area contributed by atoms with Crippen LogP contribution in [-0.4, -0.2) is 22.0 Å². The van der Waals surface area contributed by atoms with Crippen molar-refractivity contribution in [3.05, 3.63) is 37.5 Å². The van der Waals surface area contributed by atoms with Crippen LogP contribution in [-0.2, 0) is 19.4 Å². The quantitative estimate of drug-likeness (QED) is 0.907. The molecule has 3 rings (SSSR count). The van der Waals surface area contributed by atoms with Gasteiger partial charge in [-0.3, -0.25) is 4.79 Å². The number of carbonyl (C=O) groups is 2. The zero-order valence-corrected chi connectivity index (χ0v) is 12.9. The number of carbonyl (C=O) groups excluding carboxylic acids is 1. The number of nitrogens with zero attached hydrogens (tertiary/aromatic N) is 1. The van der Waals surface area contributed by atoms with Gasteiger partial charge in [-0.1, -0.05) is 0 Å². The van der Waals surface area contributed by atoms with E-state index in [2.05, 4.69) is 10.3 Å². The van der Waals surface area contributed by atoms with E-state index in [1.165, 1.54) is 40.0 Å². The average molecular weight is 322 g/mol. The number of carboxylic acids is 1. The number of carboxylic acid groups (broad SMARTS) is 1. The second kappa shape index (κ2) is 5.95. The minimum Gasteiger partial charge on any atom is -0.476 e. The lowest BCUT2D eigenvalue weighted by atomic mass is 9.99. The van der Waals surface area contributed by atoms with E-state index in [4.69, 9.17) is 5.11 Å². The van der Waals surface area contributed by atoms with Crippen LogP contribution in [0.2, 0.25) is 0 Å². The molecule has 1 aliphatic carbocycles. The van der Waals surface area contributed by atoms with Crippen molar-refractivity contribution in [3.8, 4) is 0 Å². The zero-order chi connectivity index (χ0) is 14.8. The fraction of sp³-hybridized carbons (Fsp3) is 0.357. The molecule has 0 aromatic carbocycles. The summed E-state index contributed by atoms with van der Waals surface area (Å²) in [6, 6.07) is 1.99. The highest BCUT2D eigenvalue weighted by atomic mass is 32.1. The number of aromatic carboxylic acids is 1. The number of aromatic nitrogens is 1. The molecule has 0 aliphatic heterocycles. The number of fused-ring (bicyclic) bond motifs is 1. The standard InChI is InChI=1S/C14H14N2O3S2/c17-13(11-5-8-3-1-2-4-10(8)21-11)15-6-12-16-9(7-20-12)14(18)19/h5,7H,1-4,6H2,(H,15,17)(H,18,19). The van der Waals surface area contributed by atoms with Crippen LogP contribution in [0.3, 0.4) is 0 Å². The van der Waals surface area contributed by atoms with Crippen LogP contribution in [0.1, 0.15) is 48.5 Å². The van der Waals surface area contributed by atoms with Crippen molar-refractivity contribution >= 4 is 34.6 Å². The number of nitrogens with one attached hydrogen (secondary N) is 1. The second-order valence-corrected chi connectivity index (χ2v) is 6.96. The molecule has 5 nitrogen and oxygen atoms in total. The Morgan fingerprint density at radius 3 is 2.86 bits per heavy atom. The van der Waals surface area contributed by atoms with Crippen molar-refractivity contribution in [2.75, 3.05) is 0 Å². The molecule has 7 heteroatoms. The lowest BCUT2D eigenvalue weighted by Gasteiger charge is -2.08. The van der Waals surface area contributed by atoms with Gasteiger partial charge in [-0.2, -0.15) is 0 Å². The van der Waals surface area contributed by atoms with Gasteiger partial charge in [0.25, 0.3) is 5.91 Å². The first-order valence-corrected chi connectivity index (χ1v) is 8.40. The third-order valence-electron chi connectivity index (χ3n) is 3.39. The van der Waals surface area contributed by atoms with Crippen LogP contribution in [0.5, 0.6) is 0 Å². The van der Waals surface area contributed by atoms with Gasteiger partial charge in [0, 0.05) is 10.3 Å². The van der Waals surface area contributed by atoms with E-state index in [1.54, 1.807) is 11.3 Å². The van der Waals surface area contributed by atoms with Gasteiger partial charge >= 0.3 is 5.97 Å². The summed E-state index contributed by atoms with van der Waals surface area (Å²) in [5.74, 6) is -1.16. The minimum atomic E-state index is -1.05. The molecule has 2 heterocycles. The molecule has 0 saturated carbocycles. The number of thiazole rings is 1. The smallest absolute Gasteiger partial charge is 0.355 e. The number of aryl methyl sites for hydroxylation is 2. The highest BCUT2D eigenvalue weighted by Gasteiger charge is 2.17. The van der Waals surface area contributed by atoms with Gasteiger partial charge in [0.1, 0.15) is 5.01 Å². The summed E-state index contributed by atoms with van der Waals surface area (Å²) in [5, 5.41) is 13.7. The van der Waals surface area contributed by atoms with Crippen LogP contribution in [0.25, 0.3) is 0 Å². The summed E-state index contributed by atoms with van der Waals surface area (Å²) < 4.78 is 0. The van der Waals surface area contributed by atoms with Gasteiger partial charge in [-0.05, 0) is 37.3 Å². The van der Waals surface area contributed by atoms with Crippen LogP contribution in [0.15, 0.2) is 11.4 Å². The Labute approximate surface area is 129 Å². The lowest BCUT2D eigenvalue weighted by molar-refractivity contribution is 0.0691. The molecule has 0 unspecified atom stereocenters. The van der Waals surface area contributed by atoms with E-state index in [1.807, 2.05) is 6.07 Å². The van der Waals surface area contributed by atoms with Crippen LogP contribution < -0.4 is 5.32 Å². The highest BCUT2D eigenvalue weighted by Crippen LogP contribution is 2.29. The average Bonchev–Trinajstić information content (AvgIpc) is 3.11. The summed E-state index contributed by atoms with van der Waals surface area (Å²) >= 11 is 2.80. The van der Waals surface area contributed by atoms with Crippen LogP contribution in [0, 0.1) is 0 Å². The molecule has 2 N–H and O–H groups in total. The summed E-state index contributed by atoms with van der Waals surface area (Å²) in [7, 11) is 0. The Morgan fingerprint density at radius 2 is 2.14 bits per heavy atom. The second-order valence-electron chi connectivity index (χ2n) is 4.88. The number of amides is 1. The van der Waals surface area contributed by atoms with Gasteiger partial charge in [0.2, 0.25) is 0 Å².